The molecule has 6 heteroatoms. The number of hydrogen-bond acceptors (Lipinski definition) is 4. The fourth-order valence-electron chi connectivity index (χ4n) is 1.68. The molecular formula is C12H12N2O3S. The smallest absolute Gasteiger partial charge is 0.299 e. The summed E-state index contributed by atoms with van der Waals surface area (Å²) in [7, 11) is 0. The zero-order chi connectivity index (χ0) is 13.3. The Morgan fingerprint density at radius 3 is 2.33 bits per heavy atom. The highest BCUT2D eigenvalue weighted by atomic mass is 32.1. The molecule has 0 spiro atoms. The van der Waals surface area contributed by atoms with Gasteiger partial charge in [-0.3, -0.25) is 19.5 Å². The average Bonchev–Trinajstić information content (AvgIpc) is 2.57. The first-order valence-electron chi connectivity index (χ1n) is 5.39. The largest absolute Gasteiger partial charge is 0.307 e. The minimum absolute atomic E-state index is 0.00310. The molecule has 2 aromatic rings. The first kappa shape index (κ1) is 12.5. The van der Waals surface area contributed by atoms with E-state index < -0.39 is 4.92 Å². The van der Waals surface area contributed by atoms with Crippen molar-refractivity contribution in [1.29, 1.82) is 0 Å². The number of hydrogen-bond donors (Lipinski definition) is 0. The van der Waals surface area contributed by atoms with Gasteiger partial charge in [-0.2, -0.15) is 0 Å². The van der Waals surface area contributed by atoms with E-state index in [-0.39, 0.29) is 10.6 Å². The van der Waals surface area contributed by atoms with E-state index in [9.17, 15) is 14.9 Å². The number of nitro groups is 1. The lowest BCUT2D eigenvalue weighted by Crippen LogP contribution is -2.15. The zero-order valence-corrected chi connectivity index (χ0v) is 10.9. The Hall–Kier alpha value is -1.95. The second-order valence-corrected chi connectivity index (χ2v) is 5.19. The van der Waals surface area contributed by atoms with Crippen LogP contribution in [0.4, 0.5) is 5.69 Å². The van der Waals surface area contributed by atoms with Crippen molar-refractivity contribution < 1.29 is 4.92 Å². The molecule has 1 aromatic carbocycles. The molecule has 18 heavy (non-hydrogen) atoms. The van der Waals surface area contributed by atoms with Gasteiger partial charge in [-0.25, -0.2) is 0 Å². The normalized spacial score (nSPS) is 10.6. The summed E-state index contributed by atoms with van der Waals surface area (Å²) in [5, 5.41) is 10.5. The first-order chi connectivity index (χ1) is 8.49. The predicted octanol–water partition coefficient (Wildman–Crippen LogP) is 2.48. The SMILES string of the molecule is Cc1sc(=O)n(Cc2ccc([N+](=O)[O-])cc2)c1C. The predicted molar refractivity (Wildman–Crippen MR) is 70.3 cm³/mol. The van der Waals surface area contributed by atoms with E-state index in [2.05, 4.69) is 0 Å². The van der Waals surface area contributed by atoms with Crippen molar-refractivity contribution >= 4 is 17.0 Å². The van der Waals surface area contributed by atoms with Crippen LogP contribution in [0.3, 0.4) is 0 Å². The molecule has 0 atom stereocenters. The molecule has 0 unspecified atom stereocenters. The minimum atomic E-state index is -0.435. The van der Waals surface area contributed by atoms with Crippen molar-refractivity contribution in [1.82, 2.24) is 4.57 Å². The van der Waals surface area contributed by atoms with Crippen molar-refractivity contribution in [3.05, 3.63) is 60.2 Å². The van der Waals surface area contributed by atoms with Crippen molar-refractivity contribution in [2.24, 2.45) is 0 Å². The van der Waals surface area contributed by atoms with Crippen LogP contribution in [-0.4, -0.2) is 9.49 Å². The molecule has 0 aliphatic carbocycles. The number of aryl methyl sites for hydroxylation is 1. The third-order valence-electron chi connectivity index (χ3n) is 2.86. The van der Waals surface area contributed by atoms with Crippen molar-refractivity contribution in [3.8, 4) is 0 Å². The Bertz CT molecular complexity index is 640. The molecular weight excluding hydrogens is 252 g/mol. The molecule has 0 radical (unpaired) electrons. The van der Waals surface area contributed by atoms with Gasteiger partial charge in [0, 0.05) is 22.7 Å². The molecule has 0 aliphatic rings. The Morgan fingerprint density at radius 1 is 1.28 bits per heavy atom. The summed E-state index contributed by atoms with van der Waals surface area (Å²) in [5.74, 6) is 0. The van der Waals surface area contributed by atoms with Gasteiger partial charge in [0.15, 0.2) is 0 Å². The first-order valence-corrected chi connectivity index (χ1v) is 6.21. The number of nitrogens with zero attached hydrogens (tertiary/aromatic N) is 2. The molecule has 0 N–H and O–H groups in total. The van der Waals surface area contributed by atoms with Crippen molar-refractivity contribution in [3.63, 3.8) is 0 Å². The van der Waals surface area contributed by atoms with Crippen LogP contribution in [0.2, 0.25) is 0 Å². The van der Waals surface area contributed by atoms with E-state index in [0.717, 1.165) is 16.1 Å². The molecule has 0 saturated carbocycles. The monoisotopic (exact) mass is 264 g/mol. The van der Waals surface area contributed by atoms with Gasteiger partial charge in [0.05, 0.1) is 11.5 Å². The fourth-order valence-corrected chi connectivity index (χ4v) is 2.51. The minimum Gasteiger partial charge on any atom is -0.299 e. The number of non-ortho nitro benzene ring substituents is 1. The van der Waals surface area contributed by atoms with Crippen molar-refractivity contribution in [2.45, 2.75) is 20.4 Å². The molecule has 0 saturated heterocycles. The summed E-state index contributed by atoms with van der Waals surface area (Å²) in [4.78, 5) is 22.8. The van der Waals surface area contributed by atoms with E-state index in [1.807, 2.05) is 13.8 Å². The van der Waals surface area contributed by atoms with Gasteiger partial charge in [0.25, 0.3) is 5.69 Å². The lowest BCUT2D eigenvalue weighted by atomic mass is 10.2. The molecule has 5 nitrogen and oxygen atoms in total. The third-order valence-corrected chi connectivity index (χ3v) is 3.86. The van der Waals surface area contributed by atoms with Crippen LogP contribution >= 0.6 is 11.3 Å². The van der Waals surface area contributed by atoms with Gasteiger partial charge in [-0.15, -0.1) is 0 Å². The maximum Gasteiger partial charge on any atom is 0.307 e. The second-order valence-electron chi connectivity index (χ2n) is 4.02. The van der Waals surface area contributed by atoms with E-state index in [4.69, 9.17) is 0 Å². The highest BCUT2D eigenvalue weighted by Crippen LogP contribution is 2.15. The van der Waals surface area contributed by atoms with E-state index >= 15 is 0 Å². The van der Waals surface area contributed by atoms with Crippen LogP contribution < -0.4 is 4.87 Å². The van der Waals surface area contributed by atoms with Gasteiger partial charge in [-0.1, -0.05) is 23.5 Å². The average molecular weight is 264 g/mol. The molecule has 0 fully saturated rings. The van der Waals surface area contributed by atoms with Gasteiger partial charge < -0.3 is 0 Å². The summed E-state index contributed by atoms with van der Waals surface area (Å²) in [6.07, 6.45) is 0. The highest BCUT2D eigenvalue weighted by molar-refractivity contribution is 7.09. The maximum atomic E-state index is 11.7. The van der Waals surface area contributed by atoms with Crippen LogP contribution in [-0.2, 0) is 6.54 Å². The van der Waals surface area contributed by atoms with Crippen LogP contribution in [0.1, 0.15) is 16.1 Å². The molecule has 2 rings (SSSR count). The zero-order valence-electron chi connectivity index (χ0n) is 10.0. The lowest BCUT2D eigenvalue weighted by molar-refractivity contribution is -0.384. The number of rotatable bonds is 3. The standard InChI is InChI=1S/C12H12N2O3S/c1-8-9(2)18-12(15)13(8)7-10-3-5-11(6-4-10)14(16)17/h3-6H,7H2,1-2H3. The summed E-state index contributed by atoms with van der Waals surface area (Å²) >= 11 is 1.22. The van der Waals surface area contributed by atoms with E-state index in [1.54, 1.807) is 16.7 Å². The third kappa shape index (κ3) is 2.33. The highest BCUT2D eigenvalue weighted by Gasteiger charge is 2.09. The fraction of sp³-hybridized carbons (Fsp3) is 0.250. The second kappa shape index (κ2) is 4.73. The van der Waals surface area contributed by atoms with Crippen LogP contribution in [0.25, 0.3) is 0 Å². The summed E-state index contributed by atoms with van der Waals surface area (Å²) in [5.41, 5.74) is 1.89. The van der Waals surface area contributed by atoms with Crippen LogP contribution in [0.5, 0.6) is 0 Å². The molecule has 0 bridgehead atoms. The van der Waals surface area contributed by atoms with Gasteiger partial charge in [-0.05, 0) is 19.4 Å². The molecule has 1 heterocycles. The molecule has 0 aliphatic heterocycles. The Balaban J connectivity index is 2.29. The van der Waals surface area contributed by atoms with Gasteiger partial charge >= 0.3 is 4.87 Å². The van der Waals surface area contributed by atoms with Crippen molar-refractivity contribution in [2.75, 3.05) is 0 Å². The summed E-state index contributed by atoms with van der Waals surface area (Å²) in [6.45, 7) is 4.26. The molecule has 1 aromatic heterocycles. The maximum absolute atomic E-state index is 11.7. The summed E-state index contributed by atoms with van der Waals surface area (Å²) < 4.78 is 1.68. The Morgan fingerprint density at radius 2 is 1.89 bits per heavy atom. The van der Waals surface area contributed by atoms with Gasteiger partial charge in [0.2, 0.25) is 0 Å². The number of nitro benzene ring substituents is 1. The van der Waals surface area contributed by atoms with Gasteiger partial charge in [0.1, 0.15) is 0 Å². The number of aromatic nitrogens is 1. The quantitative estimate of drug-likeness (QED) is 0.632. The topological polar surface area (TPSA) is 65.1 Å². The van der Waals surface area contributed by atoms with Crippen LogP contribution in [0.15, 0.2) is 29.1 Å². The lowest BCUT2D eigenvalue weighted by Gasteiger charge is -2.04. The Kier molecular flexibility index (Phi) is 3.29. The van der Waals surface area contributed by atoms with E-state index in [1.165, 1.54) is 23.5 Å². The molecule has 0 amide bonds. The molecule has 94 valence electrons. The number of thiazole rings is 1. The summed E-state index contributed by atoms with van der Waals surface area (Å²) in [6, 6.07) is 6.26. The van der Waals surface area contributed by atoms with E-state index in [0.29, 0.717) is 6.54 Å². The van der Waals surface area contributed by atoms with Crippen LogP contribution in [0, 0.1) is 24.0 Å². The number of benzene rings is 1. The Labute approximate surface area is 107 Å².